The molecule has 2 atom stereocenters. The summed E-state index contributed by atoms with van der Waals surface area (Å²) in [4.78, 5) is 36.6. The van der Waals surface area contributed by atoms with Gasteiger partial charge in [0.15, 0.2) is 0 Å². The molecule has 0 aliphatic heterocycles. The smallest absolute Gasteiger partial charge is 0.256 e. The van der Waals surface area contributed by atoms with Gasteiger partial charge in [-0.15, -0.1) is 0 Å². The number of hydrogen-bond acceptors (Lipinski definition) is 6. The van der Waals surface area contributed by atoms with E-state index < -0.39 is 29.8 Å². The minimum absolute atomic E-state index is 0.0488. The van der Waals surface area contributed by atoms with Gasteiger partial charge < -0.3 is 15.7 Å². The summed E-state index contributed by atoms with van der Waals surface area (Å²) in [5.41, 5.74) is 2.76. The highest BCUT2D eigenvalue weighted by Crippen LogP contribution is 2.18. The van der Waals surface area contributed by atoms with Crippen molar-refractivity contribution in [3.05, 3.63) is 48.0 Å². The lowest BCUT2D eigenvalue weighted by molar-refractivity contribution is -0.131. The van der Waals surface area contributed by atoms with Crippen LogP contribution in [0.15, 0.2) is 42.5 Å². The van der Waals surface area contributed by atoms with Gasteiger partial charge >= 0.3 is 0 Å². The van der Waals surface area contributed by atoms with Gasteiger partial charge in [0.2, 0.25) is 11.8 Å². The van der Waals surface area contributed by atoms with Crippen LogP contribution in [-0.4, -0.2) is 47.3 Å². The van der Waals surface area contributed by atoms with E-state index in [1.807, 2.05) is 47.9 Å². The predicted octanol–water partition coefficient (Wildman–Crippen LogP) is -0.346. The standard InChI is InChI=1S/C19H24N4O4S/c20-23-19(27)16(9-18(26)21-14(10-24)11-28)22-17(25)8-13-6-3-5-12-4-1-2-7-15(12)13/h1-7,14,16,24,28H,8-11,20H2,(H,21,26)(H,22,25)(H,23,27)/t14-,16?/m1/s1. The fourth-order valence-electron chi connectivity index (χ4n) is 2.80. The third-order valence-corrected chi connectivity index (χ3v) is 4.66. The maximum absolute atomic E-state index is 12.5. The Morgan fingerprint density at radius 2 is 1.75 bits per heavy atom. The highest BCUT2D eigenvalue weighted by molar-refractivity contribution is 7.80. The van der Waals surface area contributed by atoms with Crippen LogP contribution in [0, 0.1) is 0 Å². The van der Waals surface area contributed by atoms with Crippen LogP contribution in [0.1, 0.15) is 12.0 Å². The van der Waals surface area contributed by atoms with Crippen molar-refractivity contribution < 1.29 is 19.5 Å². The van der Waals surface area contributed by atoms with E-state index in [4.69, 9.17) is 10.9 Å². The number of carbonyl (C=O) groups excluding carboxylic acids is 3. The van der Waals surface area contributed by atoms with E-state index in [0.717, 1.165) is 16.3 Å². The fourth-order valence-corrected chi connectivity index (χ4v) is 3.00. The average Bonchev–Trinajstić information content (AvgIpc) is 2.71. The molecule has 1 unspecified atom stereocenters. The zero-order valence-corrected chi connectivity index (χ0v) is 16.1. The van der Waals surface area contributed by atoms with Gasteiger partial charge in [0.25, 0.3) is 5.91 Å². The Bertz CT molecular complexity index is 836. The fraction of sp³-hybridized carbons (Fsp3) is 0.316. The molecule has 0 saturated carbocycles. The second kappa shape index (κ2) is 10.6. The van der Waals surface area contributed by atoms with Crippen molar-refractivity contribution in [3.63, 3.8) is 0 Å². The lowest BCUT2D eigenvalue weighted by Gasteiger charge is -2.19. The molecule has 0 saturated heterocycles. The maximum atomic E-state index is 12.5. The molecule has 0 aliphatic carbocycles. The number of rotatable bonds is 9. The summed E-state index contributed by atoms with van der Waals surface area (Å²) >= 11 is 4.02. The Kier molecular flexibility index (Phi) is 8.24. The van der Waals surface area contributed by atoms with Crippen LogP contribution in [0.3, 0.4) is 0 Å². The van der Waals surface area contributed by atoms with Gasteiger partial charge in [-0.05, 0) is 16.3 Å². The third-order valence-electron chi connectivity index (χ3n) is 4.22. The molecule has 150 valence electrons. The molecule has 9 heteroatoms. The van der Waals surface area contributed by atoms with Crippen LogP contribution in [0.4, 0.5) is 0 Å². The van der Waals surface area contributed by atoms with Crippen molar-refractivity contribution in [2.24, 2.45) is 5.84 Å². The summed E-state index contributed by atoms with van der Waals surface area (Å²) < 4.78 is 0. The van der Waals surface area contributed by atoms with E-state index in [0.29, 0.717) is 0 Å². The van der Waals surface area contributed by atoms with Gasteiger partial charge in [-0.2, -0.15) is 12.6 Å². The van der Waals surface area contributed by atoms with Crippen LogP contribution in [-0.2, 0) is 20.8 Å². The van der Waals surface area contributed by atoms with Crippen LogP contribution in [0.25, 0.3) is 10.8 Å². The Morgan fingerprint density at radius 1 is 1.04 bits per heavy atom. The summed E-state index contributed by atoms with van der Waals surface area (Å²) in [5.74, 6) is 3.80. The van der Waals surface area contributed by atoms with E-state index in [1.165, 1.54) is 0 Å². The zero-order chi connectivity index (χ0) is 20.5. The molecular weight excluding hydrogens is 380 g/mol. The molecule has 28 heavy (non-hydrogen) atoms. The van der Waals surface area contributed by atoms with Crippen LogP contribution in [0.2, 0.25) is 0 Å². The first-order valence-electron chi connectivity index (χ1n) is 8.76. The number of hydrazine groups is 1. The lowest BCUT2D eigenvalue weighted by atomic mass is 10.0. The minimum Gasteiger partial charge on any atom is -0.394 e. The molecule has 2 aromatic rings. The van der Waals surface area contributed by atoms with Gasteiger partial charge in [-0.1, -0.05) is 42.5 Å². The molecule has 2 aromatic carbocycles. The average molecular weight is 404 g/mol. The normalized spacial score (nSPS) is 12.8. The van der Waals surface area contributed by atoms with Crippen molar-refractivity contribution in [2.45, 2.75) is 24.9 Å². The molecule has 0 heterocycles. The number of benzene rings is 2. The van der Waals surface area contributed by atoms with Crippen molar-refractivity contribution in [1.29, 1.82) is 0 Å². The van der Waals surface area contributed by atoms with Gasteiger partial charge in [0.05, 0.1) is 25.5 Å². The number of hydrogen-bond donors (Lipinski definition) is 6. The van der Waals surface area contributed by atoms with E-state index in [-0.39, 0.29) is 25.2 Å². The Labute approximate surface area is 168 Å². The van der Waals surface area contributed by atoms with Gasteiger partial charge in [0.1, 0.15) is 6.04 Å². The topological polar surface area (TPSA) is 134 Å². The molecule has 0 aromatic heterocycles. The van der Waals surface area contributed by atoms with Gasteiger partial charge in [0, 0.05) is 5.75 Å². The third kappa shape index (κ3) is 5.95. The van der Waals surface area contributed by atoms with Gasteiger partial charge in [-0.25, -0.2) is 5.84 Å². The summed E-state index contributed by atoms with van der Waals surface area (Å²) in [5, 5.41) is 16.2. The highest BCUT2D eigenvalue weighted by atomic mass is 32.1. The monoisotopic (exact) mass is 404 g/mol. The predicted molar refractivity (Wildman–Crippen MR) is 109 cm³/mol. The Morgan fingerprint density at radius 3 is 2.43 bits per heavy atom. The zero-order valence-electron chi connectivity index (χ0n) is 15.2. The van der Waals surface area contributed by atoms with Crippen LogP contribution < -0.4 is 21.9 Å². The number of carbonyl (C=O) groups is 3. The molecule has 0 fully saturated rings. The molecule has 0 spiro atoms. The van der Waals surface area contributed by atoms with Crippen molar-refractivity contribution >= 4 is 41.1 Å². The largest absolute Gasteiger partial charge is 0.394 e. The number of thiol groups is 1. The molecule has 8 nitrogen and oxygen atoms in total. The van der Waals surface area contributed by atoms with Gasteiger partial charge in [-0.3, -0.25) is 19.8 Å². The summed E-state index contributed by atoms with van der Waals surface area (Å²) in [7, 11) is 0. The molecule has 6 N–H and O–H groups in total. The molecule has 0 radical (unpaired) electrons. The summed E-state index contributed by atoms with van der Waals surface area (Å²) in [6, 6.07) is 11.6. The minimum atomic E-state index is -1.13. The molecule has 0 aliphatic rings. The number of aliphatic hydroxyl groups excluding tert-OH is 1. The van der Waals surface area contributed by atoms with E-state index >= 15 is 0 Å². The first-order chi connectivity index (χ1) is 13.5. The highest BCUT2D eigenvalue weighted by Gasteiger charge is 2.24. The molecular formula is C19H24N4O4S. The number of aliphatic hydroxyl groups is 1. The number of amides is 3. The quantitative estimate of drug-likeness (QED) is 0.147. The van der Waals surface area contributed by atoms with Crippen LogP contribution >= 0.6 is 12.6 Å². The SMILES string of the molecule is NNC(=O)C(CC(=O)N[C@H](CO)CS)NC(=O)Cc1cccc2ccccc12. The van der Waals surface area contributed by atoms with E-state index in [2.05, 4.69) is 23.3 Å². The molecule has 3 amide bonds. The number of nitrogens with two attached hydrogens (primary N) is 1. The second-order valence-corrected chi connectivity index (χ2v) is 6.64. The van der Waals surface area contributed by atoms with Crippen molar-refractivity contribution in [1.82, 2.24) is 16.1 Å². The number of nitrogens with one attached hydrogen (secondary N) is 3. The van der Waals surface area contributed by atoms with E-state index in [1.54, 1.807) is 0 Å². The van der Waals surface area contributed by atoms with E-state index in [9.17, 15) is 14.4 Å². The maximum Gasteiger partial charge on any atom is 0.256 e. The molecule has 0 bridgehead atoms. The number of fused-ring (bicyclic) bond motifs is 1. The molecule has 2 rings (SSSR count). The Balaban J connectivity index is 2.06. The summed E-state index contributed by atoms with van der Waals surface area (Å²) in [6.07, 6.45) is -0.262. The Hall–Kier alpha value is -2.62. The first kappa shape index (κ1) is 21.7. The van der Waals surface area contributed by atoms with Crippen molar-refractivity contribution in [2.75, 3.05) is 12.4 Å². The van der Waals surface area contributed by atoms with Crippen molar-refractivity contribution in [3.8, 4) is 0 Å². The first-order valence-corrected chi connectivity index (χ1v) is 9.39. The summed E-state index contributed by atoms with van der Waals surface area (Å²) in [6.45, 7) is -0.281. The lowest BCUT2D eigenvalue weighted by Crippen LogP contribution is -2.52. The second-order valence-electron chi connectivity index (χ2n) is 6.28. The van der Waals surface area contributed by atoms with Crippen LogP contribution in [0.5, 0.6) is 0 Å².